The van der Waals surface area contributed by atoms with Crippen LogP contribution in [0.4, 0.5) is 13.2 Å². The number of thioether (sulfide) groups is 1. The average molecular weight is 257 g/mol. The van der Waals surface area contributed by atoms with Gasteiger partial charge in [0.25, 0.3) is 0 Å². The molecule has 1 aliphatic rings. The van der Waals surface area contributed by atoms with Crippen molar-refractivity contribution in [3.8, 4) is 0 Å². The minimum atomic E-state index is -4.15. The Labute approximate surface area is 98.2 Å². The van der Waals surface area contributed by atoms with Gasteiger partial charge in [-0.2, -0.15) is 13.2 Å². The van der Waals surface area contributed by atoms with E-state index >= 15 is 0 Å². The molecule has 1 aliphatic carbocycles. The van der Waals surface area contributed by atoms with Gasteiger partial charge in [-0.3, -0.25) is 0 Å². The summed E-state index contributed by atoms with van der Waals surface area (Å²) in [5.41, 5.74) is -4.15. The highest BCUT2D eigenvalue weighted by molar-refractivity contribution is 8.00. The van der Waals surface area contributed by atoms with Crippen molar-refractivity contribution in [1.29, 1.82) is 0 Å². The monoisotopic (exact) mass is 257 g/mol. The van der Waals surface area contributed by atoms with Gasteiger partial charge in [0.05, 0.1) is 6.10 Å². The molecular weight excluding hydrogens is 239 g/mol. The fourth-order valence-electron chi connectivity index (χ4n) is 2.08. The summed E-state index contributed by atoms with van der Waals surface area (Å²) in [4.78, 5) is 1.85. The maximum absolute atomic E-state index is 11.9. The molecule has 1 N–H and O–H groups in total. The van der Waals surface area contributed by atoms with Gasteiger partial charge in [-0.1, -0.05) is 12.8 Å². The SMILES string of the molecule is CN(CCSC(F)(F)F)C1CCCCC1O. The largest absolute Gasteiger partial charge is 0.441 e. The Morgan fingerprint density at radius 1 is 1.31 bits per heavy atom. The summed E-state index contributed by atoms with van der Waals surface area (Å²) in [6.45, 7) is 0.367. The summed E-state index contributed by atoms with van der Waals surface area (Å²) in [6, 6.07) is 0.0302. The normalized spacial score (nSPS) is 27.4. The predicted octanol–water partition coefficient (Wildman–Crippen LogP) is 2.47. The minimum absolute atomic E-state index is 0.00383. The highest BCUT2D eigenvalue weighted by Gasteiger charge is 2.30. The molecule has 96 valence electrons. The minimum Gasteiger partial charge on any atom is -0.391 e. The highest BCUT2D eigenvalue weighted by Crippen LogP contribution is 2.30. The Kier molecular flexibility index (Phi) is 5.40. The van der Waals surface area contributed by atoms with Crippen LogP contribution < -0.4 is 0 Å². The second-order valence-corrected chi connectivity index (χ2v) is 5.35. The van der Waals surface area contributed by atoms with Crippen LogP contribution >= 0.6 is 11.8 Å². The Morgan fingerprint density at radius 3 is 2.50 bits per heavy atom. The van der Waals surface area contributed by atoms with E-state index in [-0.39, 0.29) is 29.7 Å². The zero-order chi connectivity index (χ0) is 12.2. The lowest BCUT2D eigenvalue weighted by molar-refractivity contribution is -0.0330. The van der Waals surface area contributed by atoms with Crippen LogP contribution in [0.25, 0.3) is 0 Å². The molecule has 0 heterocycles. The molecule has 0 aromatic rings. The second-order valence-electron chi connectivity index (χ2n) is 4.19. The van der Waals surface area contributed by atoms with Crippen molar-refractivity contribution >= 4 is 11.8 Å². The molecule has 0 amide bonds. The van der Waals surface area contributed by atoms with Gasteiger partial charge in [0.1, 0.15) is 0 Å². The van der Waals surface area contributed by atoms with Crippen LogP contribution in [0.3, 0.4) is 0 Å². The molecule has 1 rings (SSSR count). The van der Waals surface area contributed by atoms with Crippen molar-refractivity contribution in [2.75, 3.05) is 19.3 Å². The quantitative estimate of drug-likeness (QED) is 0.837. The Bertz CT molecular complexity index is 213. The third kappa shape index (κ3) is 4.93. The van der Waals surface area contributed by atoms with Gasteiger partial charge in [0.2, 0.25) is 0 Å². The van der Waals surface area contributed by atoms with E-state index in [0.29, 0.717) is 6.54 Å². The zero-order valence-corrected chi connectivity index (χ0v) is 10.2. The first kappa shape index (κ1) is 14.1. The summed E-state index contributed by atoms with van der Waals surface area (Å²) in [6.07, 6.45) is 3.34. The lowest BCUT2D eigenvalue weighted by Crippen LogP contribution is -2.44. The molecule has 0 saturated heterocycles. The summed E-state index contributed by atoms with van der Waals surface area (Å²) in [7, 11) is 1.79. The predicted molar refractivity (Wildman–Crippen MR) is 59.4 cm³/mol. The van der Waals surface area contributed by atoms with Gasteiger partial charge in [-0.25, -0.2) is 0 Å². The van der Waals surface area contributed by atoms with Crippen LogP contribution in [0.2, 0.25) is 0 Å². The molecule has 0 radical (unpaired) electrons. The molecule has 1 fully saturated rings. The van der Waals surface area contributed by atoms with Crippen molar-refractivity contribution in [1.82, 2.24) is 4.90 Å². The molecule has 0 aromatic heterocycles. The van der Waals surface area contributed by atoms with E-state index in [4.69, 9.17) is 0 Å². The van der Waals surface area contributed by atoms with Gasteiger partial charge in [0.15, 0.2) is 0 Å². The van der Waals surface area contributed by atoms with Crippen molar-refractivity contribution in [3.63, 3.8) is 0 Å². The van der Waals surface area contributed by atoms with Crippen LogP contribution in [-0.4, -0.2) is 47.0 Å². The molecule has 2 unspecified atom stereocenters. The van der Waals surface area contributed by atoms with Gasteiger partial charge >= 0.3 is 5.51 Å². The van der Waals surface area contributed by atoms with E-state index in [1.54, 1.807) is 7.05 Å². The molecule has 0 aliphatic heterocycles. The smallest absolute Gasteiger partial charge is 0.391 e. The van der Waals surface area contributed by atoms with E-state index in [0.717, 1.165) is 25.7 Å². The second kappa shape index (κ2) is 6.12. The van der Waals surface area contributed by atoms with E-state index < -0.39 is 5.51 Å². The number of likely N-dealkylation sites (N-methyl/N-ethyl adjacent to an activating group) is 1. The summed E-state index contributed by atoms with van der Waals surface area (Å²) in [5, 5.41) is 9.73. The fraction of sp³-hybridized carbons (Fsp3) is 1.00. The molecule has 6 heteroatoms. The van der Waals surface area contributed by atoms with Crippen molar-refractivity contribution in [3.05, 3.63) is 0 Å². The third-order valence-corrected chi connectivity index (χ3v) is 3.68. The van der Waals surface area contributed by atoms with E-state index in [9.17, 15) is 18.3 Å². The number of aliphatic hydroxyl groups excluding tert-OH is 1. The Balaban J connectivity index is 2.25. The topological polar surface area (TPSA) is 23.5 Å². The van der Waals surface area contributed by atoms with Gasteiger partial charge in [-0.15, -0.1) is 0 Å². The lowest BCUT2D eigenvalue weighted by Gasteiger charge is -2.35. The Hall–Kier alpha value is 0.0600. The number of rotatable bonds is 4. The van der Waals surface area contributed by atoms with Gasteiger partial charge < -0.3 is 10.0 Å². The zero-order valence-electron chi connectivity index (χ0n) is 9.33. The number of hydrogen-bond acceptors (Lipinski definition) is 3. The van der Waals surface area contributed by atoms with E-state index in [2.05, 4.69) is 0 Å². The van der Waals surface area contributed by atoms with Crippen LogP contribution in [0.5, 0.6) is 0 Å². The molecule has 1 saturated carbocycles. The summed E-state index contributed by atoms with van der Waals surface area (Å²) >= 11 is 0.00383. The molecule has 0 aromatic carbocycles. The molecule has 0 spiro atoms. The van der Waals surface area contributed by atoms with Crippen molar-refractivity contribution in [2.45, 2.75) is 43.3 Å². The summed E-state index contributed by atoms with van der Waals surface area (Å²) in [5.74, 6) is 0.0310. The number of nitrogens with zero attached hydrogens (tertiary/aromatic N) is 1. The van der Waals surface area contributed by atoms with E-state index in [1.807, 2.05) is 4.90 Å². The van der Waals surface area contributed by atoms with E-state index in [1.165, 1.54) is 0 Å². The van der Waals surface area contributed by atoms with Crippen LogP contribution in [0.1, 0.15) is 25.7 Å². The average Bonchev–Trinajstić information content (AvgIpc) is 2.16. The van der Waals surface area contributed by atoms with Gasteiger partial charge in [0, 0.05) is 18.3 Å². The van der Waals surface area contributed by atoms with Crippen molar-refractivity contribution < 1.29 is 18.3 Å². The molecule has 2 nitrogen and oxygen atoms in total. The first-order valence-corrected chi connectivity index (χ1v) is 6.48. The molecular formula is C10H18F3NOS. The maximum atomic E-state index is 11.9. The highest BCUT2D eigenvalue weighted by atomic mass is 32.2. The van der Waals surface area contributed by atoms with Gasteiger partial charge in [-0.05, 0) is 31.7 Å². The lowest BCUT2D eigenvalue weighted by atomic mass is 9.92. The maximum Gasteiger partial charge on any atom is 0.441 e. The first-order chi connectivity index (χ1) is 7.40. The molecule has 16 heavy (non-hydrogen) atoms. The number of hydrogen-bond donors (Lipinski definition) is 1. The first-order valence-electron chi connectivity index (χ1n) is 5.49. The Morgan fingerprint density at radius 2 is 1.94 bits per heavy atom. The van der Waals surface area contributed by atoms with Crippen LogP contribution in [0, 0.1) is 0 Å². The van der Waals surface area contributed by atoms with Crippen LogP contribution in [0.15, 0.2) is 0 Å². The number of alkyl halides is 3. The molecule has 2 atom stereocenters. The summed E-state index contributed by atoms with van der Waals surface area (Å²) < 4.78 is 35.8. The molecule has 0 bridgehead atoms. The number of halogens is 3. The van der Waals surface area contributed by atoms with Crippen molar-refractivity contribution in [2.24, 2.45) is 0 Å². The third-order valence-electron chi connectivity index (χ3n) is 2.97. The fourth-order valence-corrected chi connectivity index (χ4v) is 2.69. The number of aliphatic hydroxyl groups is 1. The van der Waals surface area contributed by atoms with Crippen LogP contribution in [-0.2, 0) is 0 Å². The standard InChI is InChI=1S/C10H18F3NOS/c1-14(6-7-16-10(11,12)13)8-4-2-3-5-9(8)15/h8-9,15H,2-7H2,1H3.